The van der Waals surface area contributed by atoms with E-state index >= 15 is 0 Å². The number of hydrogen-bond donors (Lipinski definition) is 2. The van der Waals surface area contributed by atoms with Crippen LogP contribution in [0.15, 0.2) is 42.7 Å². The van der Waals surface area contributed by atoms with Gasteiger partial charge in [0.25, 0.3) is 5.91 Å². The van der Waals surface area contributed by atoms with Crippen LogP contribution >= 0.6 is 22.9 Å². The third-order valence-corrected chi connectivity index (χ3v) is 4.48. The second-order valence-electron chi connectivity index (χ2n) is 5.75. The molecule has 3 aromatic rings. The molecule has 0 saturated carbocycles. The zero-order chi connectivity index (χ0) is 17.8. The third kappa shape index (κ3) is 4.58. The molecule has 2 N–H and O–H groups in total. The predicted octanol–water partition coefficient (Wildman–Crippen LogP) is 3.73. The van der Waals surface area contributed by atoms with Crippen molar-refractivity contribution in [3.05, 3.63) is 57.8 Å². The number of rotatable bonds is 6. The molecule has 25 heavy (non-hydrogen) atoms. The van der Waals surface area contributed by atoms with Gasteiger partial charge in [0.15, 0.2) is 10.2 Å². The lowest BCUT2D eigenvalue weighted by atomic mass is 10.3. The van der Waals surface area contributed by atoms with E-state index in [0.29, 0.717) is 16.7 Å². The number of thiazole rings is 1. The summed E-state index contributed by atoms with van der Waals surface area (Å²) in [5.41, 5.74) is 2.27. The van der Waals surface area contributed by atoms with Crippen LogP contribution in [0.1, 0.15) is 29.2 Å². The molecular weight excluding hydrogens is 358 g/mol. The molecule has 8 heteroatoms. The summed E-state index contributed by atoms with van der Waals surface area (Å²) in [7, 11) is 0. The lowest BCUT2D eigenvalue weighted by Crippen LogP contribution is -2.30. The Labute approximate surface area is 154 Å². The van der Waals surface area contributed by atoms with Gasteiger partial charge in [-0.2, -0.15) is 5.10 Å². The molecule has 130 valence electrons. The van der Waals surface area contributed by atoms with E-state index in [-0.39, 0.29) is 11.9 Å². The zero-order valence-corrected chi connectivity index (χ0v) is 15.4. The minimum atomic E-state index is -0.171. The van der Waals surface area contributed by atoms with Crippen LogP contribution < -0.4 is 10.6 Å². The molecule has 0 unspecified atom stereocenters. The lowest BCUT2D eigenvalue weighted by molar-refractivity contribution is 0.0937. The van der Waals surface area contributed by atoms with Crippen molar-refractivity contribution in [2.75, 3.05) is 5.32 Å². The summed E-state index contributed by atoms with van der Waals surface area (Å²) in [4.78, 5) is 17.1. The third-order valence-electron chi connectivity index (χ3n) is 3.37. The van der Waals surface area contributed by atoms with Gasteiger partial charge in [-0.1, -0.05) is 11.6 Å². The minimum Gasteiger partial charge on any atom is -0.380 e. The number of anilines is 1. The summed E-state index contributed by atoms with van der Waals surface area (Å²) in [5, 5.41) is 10.5. The molecule has 6 nitrogen and oxygen atoms in total. The molecule has 2 aromatic heterocycles. The number of amides is 1. The molecular formula is C17H18ClN5OS. The van der Waals surface area contributed by atoms with Crippen LogP contribution in [0.5, 0.6) is 0 Å². The summed E-state index contributed by atoms with van der Waals surface area (Å²) in [6.45, 7) is 4.51. The fourth-order valence-electron chi connectivity index (χ4n) is 2.21. The van der Waals surface area contributed by atoms with Crippen molar-refractivity contribution in [2.24, 2.45) is 0 Å². The molecule has 0 aliphatic heterocycles. The normalized spacial score (nSPS) is 10.9. The zero-order valence-electron chi connectivity index (χ0n) is 13.9. The van der Waals surface area contributed by atoms with E-state index in [1.807, 2.05) is 38.1 Å². The quantitative estimate of drug-likeness (QED) is 0.688. The van der Waals surface area contributed by atoms with E-state index in [9.17, 15) is 4.79 Å². The number of benzene rings is 1. The molecule has 0 aliphatic rings. The van der Waals surface area contributed by atoms with E-state index < -0.39 is 0 Å². The van der Waals surface area contributed by atoms with Crippen molar-refractivity contribution in [1.82, 2.24) is 20.1 Å². The molecule has 1 amide bonds. The van der Waals surface area contributed by atoms with Crippen LogP contribution in [0.3, 0.4) is 0 Å². The molecule has 0 radical (unpaired) electrons. The maximum Gasteiger partial charge on any atom is 0.271 e. The van der Waals surface area contributed by atoms with Crippen LogP contribution in [-0.4, -0.2) is 26.7 Å². The largest absolute Gasteiger partial charge is 0.380 e. The number of halogens is 1. The van der Waals surface area contributed by atoms with Gasteiger partial charge in [-0.05, 0) is 44.2 Å². The first kappa shape index (κ1) is 17.4. The summed E-state index contributed by atoms with van der Waals surface area (Å²) in [6, 6.07) is 9.60. The Morgan fingerprint density at radius 1 is 1.28 bits per heavy atom. The Hall–Kier alpha value is -2.38. The highest BCUT2D eigenvalue weighted by Gasteiger charge is 2.11. The molecule has 0 fully saturated rings. The standard InChI is InChI=1S/C17H18ClN5OS/c1-11(2)21-16(24)15-7-8-23(22-15)13-5-3-12(4-6-13)19-9-14-10-20-17(18)25-14/h3-8,10-11,19H,9H2,1-2H3,(H,21,24). The first-order valence-corrected chi connectivity index (χ1v) is 9.02. The van der Waals surface area contributed by atoms with E-state index in [1.165, 1.54) is 11.3 Å². The molecule has 0 bridgehead atoms. The van der Waals surface area contributed by atoms with Gasteiger partial charge >= 0.3 is 0 Å². The summed E-state index contributed by atoms with van der Waals surface area (Å²) < 4.78 is 2.23. The van der Waals surface area contributed by atoms with Crippen LogP contribution in [0.25, 0.3) is 5.69 Å². The Bertz CT molecular complexity index is 856. The number of carbonyl (C=O) groups is 1. The average Bonchev–Trinajstić information content (AvgIpc) is 3.22. The van der Waals surface area contributed by atoms with E-state index in [1.54, 1.807) is 23.1 Å². The summed E-state index contributed by atoms with van der Waals surface area (Å²) >= 11 is 7.28. The highest BCUT2D eigenvalue weighted by molar-refractivity contribution is 7.15. The van der Waals surface area contributed by atoms with E-state index in [4.69, 9.17) is 11.6 Å². The van der Waals surface area contributed by atoms with Crippen LogP contribution in [-0.2, 0) is 6.54 Å². The van der Waals surface area contributed by atoms with Gasteiger partial charge in [0.05, 0.1) is 12.2 Å². The first-order valence-electron chi connectivity index (χ1n) is 7.82. The molecule has 1 aromatic carbocycles. The summed E-state index contributed by atoms with van der Waals surface area (Å²) in [5.74, 6) is -0.171. The monoisotopic (exact) mass is 375 g/mol. The lowest BCUT2D eigenvalue weighted by Gasteiger charge is -2.07. The second-order valence-corrected chi connectivity index (χ2v) is 7.45. The predicted molar refractivity (Wildman–Crippen MR) is 101 cm³/mol. The Morgan fingerprint density at radius 2 is 2.04 bits per heavy atom. The van der Waals surface area contributed by atoms with Gasteiger partial charge in [0, 0.05) is 29.0 Å². The van der Waals surface area contributed by atoms with Gasteiger partial charge in [0.2, 0.25) is 0 Å². The first-order chi connectivity index (χ1) is 12.0. The molecule has 2 heterocycles. The maximum atomic E-state index is 12.0. The van der Waals surface area contributed by atoms with Crippen molar-refractivity contribution in [3.63, 3.8) is 0 Å². The van der Waals surface area contributed by atoms with E-state index in [0.717, 1.165) is 16.3 Å². The molecule has 0 atom stereocenters. The summed E-state index contributed by atoms with van der Waals surface area (Å²) in [6.07, 6.45) is 3.54. The average molecular weight is 376 g/mol. The van der Waals surface area contributed by atoms with Crippen LogP contribution in [0, 0.1) is 0 Å². The van der Waals surface area contributed by atoms with Crippen molar-refractivity contribution >= 4 is 34.5 Å². The molecule has 0 saturated heterocycles. The Kier molecular flexibility index (Phi) is 5.35. The van der Waals surface area contributed by atoms with Gasteiger partial charge in [-0.15, -0.1) is 11.3 Å². The Morgan fingerprint density at radius 3 is 2.68 bits per heavy atom. The number of carbonyl (C=O) groups excluding carboxylic acids is 1. The number of nitrogens with one attached hydrogen (secondary N) is 2. The van der Waals surface area contributed by atoms with Crippen LogP contribution in [0.2, 0.25) is 4.47 Å². The van der Waals surface area contributed by atoms with Crippen molar-refractivity contribution in [3.8, 4) is 5.69 Å². The SMILES string of the molecule is CC(C)NC(=O)c1ccn(-c2ccc(NCc3cnc(Cl)s3)cc2)n1. The van der Waals surface area contributed by atoms with Gasteiger partial charge in [0.1, 0.15) is 0 Å². The second kappa shape index (κ2) is 7.67. The van der Waals surface area contributed by atoms with Crippen LogP contribution in [0.4, 0.5) is 5.69 Å². The smallest absolute Gasteiger partial charge is 0.271 e. The number of aromatic nitrogens is 3. The van der Waals surface area contributed by atoms with Gasteiger partial charge in [-0.3, -0.25) is 4.79 Å². The highest BCUT2D eigenvalue weighted by Crippen LogP contribution is 2.19. The number of nitrogens with zero attached hydrogens (tertiary/aromatic N) is 3. The fourth-order valence-corrected chi connectivity index (χ4v) is 3.13. The number of hydrogen-bond acceptors (Lipinski definition) is 5. The topological polar surface area (TPSA) is 71.8 Å². The minimum absolute atomic E-state index is 0.0800. The van der Waals surface area contributed by atoms with E-state index in [2.05, 4.69) is 20.7 Å². The molecule has 3 rings (SSSR count). The van der Waals surface area contributed by atoms with Gasteiger partial charge < -0.3 is 10.6 Å². The van der Waals surface area contributed by atoms with Gasteiger partial charge in [-0.25, -0.2) is 9.67 Å². The maximum absolute atomic E-state index is 12.0. The Balaban J connectivity index is 1.64. The molecule has 0 aliphatic carbocycles. The fraction of sp³-hybridized carbons (Fsp3) is 0.235. The van der Waals surface area contributed by atoms with Crippen molar-refractivity contribution < 1.29 is 4.79 Å². The van der Waals surface area contributed by atoms with Crippen molar-refractivity contribution in [1.29, 1.82) is 0 Å². The molecule has 0 spiro atoms. The highest BCUT2D eigenvalue weighted by atomic mass is 35.5. The van der Waals surface area contributed by atoms with Crippen molar-refractivity contribution in [2.45, 2.75) is 26.4 Å².